The van der Waals surface area contributed by atoms with E-state index in [1.165, 1.54) is 0 Å². The van der Waals surface area contributed by atoms with E-state index in [0.29, 0.717) is 0 Å². The fourth-order valence-corrected chi connectivity index (χ4v) is 3.31. The molecule has 0 bridgehead atoms. The first kappa shape index (κ1) is 20.9. The number of azo groups is 1. The van der Waals surface area contributed by atoms with Crippen LogP contribution in [-0.2, 0) is 0 Å². The Morgan fingerprint density at radius 2 is 1.00 bits per heavy atom. The Morgan fingerprint density at radius 1 is 0.654 bits per heavy atom. The summed E-state index contributed by atoms with van der Waals surface area (Å²) >= 11 is 12.8. The molecule has 2 rings (SSSR count). The maximum Gasteiger partial charge on any atom is 0.0857 e. The minimum absolute atomic E-state index is 0.0738. The van der Waals surface area contributed by atoms with Crippen LogP contribution < -0.4 is 0 Å². The van der Waals surface area contributed by atoms with E-state index in [0.717, 1.165) is 61.0 Å². The lowest BCUT2D eigenvalue weighted by atomic mass is 10.1. The van der Waals surface area contributed by atoms with Gasteiger partial charge in [0, 0.05) is 0 Å². The normalized spacial score (nSPS) is 13.8. The smallest absolute Gasteiger partial charge is 0.0857 e. The van der Waals surface area contributed by atoms with Crippen LogP contribution in [0.4, 0.5) is 11.4 Å². The SMILES string of the molecule is CCCCC(Cl)c1ccc(/N=N/c2ccc(C(Cl)CCCC)cc2)cc1. The van der Waals surface area contributed by atoms with Gasteiger partial charge >= 0.3 is 0 Å². The molecule has 0 aromatic heterocycles. The fraction of sp³-hybridized carbons (Fsp3) is 0.455. The zero-order chi connectivity index (χ0) is 18.8. The Kier molecular flexibility index (Phi) is 9.14. The zero-order valence-electron chi connectivity index (χ0n) is 15.7. The number of rotatable bonds is 10. The van der Waals surface area contributed by atoms with Crippen LogP contribution in [0.2, 0.25) is 0 Å². The molecule has 0 aliphatic rings. The van der Waals surface area contributed by atoms with Crippen molar-refractivity contribution in [2.24, 2.45) is 10.2 Å². The van der Waals surface area contributed by atoms with Gasteiger partial charge in [-0.25, -0.2) is 0 Å². The Bertz CT molecular complexity index is 606. The molecule has 0 fully saturated rings. The molecule has 0 N–H and O–H groups in total. The van der Waals surface area contributed by atoms with Crippen molar-refractivity contribution in [3.8, 4) is 0 Å². The number of hydrogen-bond acceptors (Lipinski definition) is 2. The van der Waals surface area contributed by atoms with Crippen molar-refractivity contribution in [2.45, 2.75) is 63.1 Å². The van der Waals surface area contributed by atoms with Gasteiger partial charge in [-0.2, -0.15) is 10.2 Å². The summed E-state index contributed by atoms with van der Waals surface area (Å²) in [5.41, 5.74) is 3.94. The van der Waals surface area contributed by atoms with Crippen molar-refractivity contribution < 1.29 is 0 Å². The second kappa shape index (κ2) is 11.4. The summed E-state index contributed by atoms with van der Waals surface area (Å²) in [4.78, 5) is 0. The third-order valence-electron chi connectivity index (χ3n) is 4.41. The zero-order valence-corrected chi connectivity index (χ0v) is 17.2. The first-order chi connectivity index (χ1) is 12.6. The molecule has 2 unspecified atom stereocenters. The van der Waals surface area contributed by atoms with Crippen LogP contribution in [0, 0.1) is 0 Å². The Morgan fingerprint density at radius 3 is 1.31 bits per heavy atom. The van der Waals surface area contributed by atoms with Gasteiger partial charge in [0.15, 0.2) is 0 Å². The number of halogens is 2. The van der Waals surface area contributed by atoms with Crippen LogP contribution in [0.1, 0.15) is 74.3 Å². The van der Waals surface area contributed by atoms with Crippen molar-refractivity contribution in [3.63, 3.8) is 0 Å². The molecule has 4 heteroatoms. The van der Waals surface area contributed by atoms with E-state index in [1.54, 1.807) is 0 Å². The van der Waals surface area contributed by atoms with E-state index >= 15 is 0 Å². The largest absolute Gasteiger partial charge is 0.151 e. The fourth-order valence-electron chi connectivity index (χ4n) is 2.72. The Labute approximate surface area is 167 Å². The lowest BCUT2D eigenvalue weighted by Crippen LogP contribution is -1.89. The second-order valence-electron chi connectivity index (χ2n) is 6.60. The summed E-state index contributed by atoms with van der Waals surface area (Å²) in [7, 11) is 0. The van der Waals surface area contributed by atoms with Crippen molar-refractivity contribution >= 4 is 34.6 Å². The van der Waals surface area contributed by atoms with Crippen molar-refractivity contribution in [3.05, 3.63) is 59.7 Å². The summed E-state index contributed by atoms with van der Waals surface area (Å²) in [5, 5.41) is 8.77. The van der Waals surface area contributed by atoms with Gasteiger partial charge < -0.3 is 0 Å². The quantitative estimate of drug-likeness (QED) is 0.285. The van der Waals surface area contributed by atoms with Gasteiger partial charge in [0.25, 0.3) is 0 Å². The third-order valence-corrected chi connectivity index (χ3v) is 5.35. The molecule has 0 amide bonds. The number of nitrogens with zero attached hydrogens (tertiary/aromatic N) is 2. The van der Waals surface area contributed by atoms with Gasteiger partial charge in [-0.15, -0.1) is 23.2 Å². The molecule has 0 aliphatic heterocycles. The maximum atomic E-state index is 6.42. The molecule has 0 heterocycles. The monoisotopic (exact) mass is 390 g/mol. The van der Waals surface area contributed by atoms with Crippen LogP contribution in [0.5, 0.6) is 0 Å². The third kappa shape index (κ3) is 6.74. The Balaban J connectivity index is 1.94. The molecule has 26 heavy (non-hydrogen) atoms. The molecule has 2 nitrogen and oxygen atoms in total. The highest BCUT2D eigenvalue weighted by Gasteiger charge is 2.08. The van der Waals surface area contributed by atoms with E-state index in [4.69, 9.17) is 23.2 Å². The molecule has 2 atom stereocenters. The molecular weight excluding hydrogens is 363 g/mol. The van der Waals surface area contributed by atoms with Crippen LogP contribution in [0.3, 0.4) is 0 Å². The molecule has 0 spiro atoms. The summed E-state index contributed by atoms with van der Waals surface area (Å²) in [6, 6.07) is 16.0. The lowest BCUT2D eigenvalue weighted by Gasteiger charge is -2.09. The van der Waals surface area contributed by atoms with Gasteiger partial charge in [-0.1, -0.05) is 63.8 Å². The number of benzene rings is 2. The van der Waals surface area contributed by atoms with Gasteiger partial charge in [0.05, 0.1) is 22.1 Å². The summed E-state index contributed by atoms with van der Waals surface area (Å²) < 4.78 is 0. The minimum atomic E-state index is 0.0738. The minimum Gasteiger partial charge on any atom is -0.151 e. The lowest BCUT2D eigenvalue weighted by molar-refractivity contribution is 0.701. The van der Waals surface area contributed by atoms with E-state index in [1.807, 2.05) is 48.5 Å². The second-order valence-corrected chi connectivity index (χ2v) is 7.66. The molecule has 2 aromatic carbocycles. The molecule has 2 aromatic rings. The number of unbranched alkanes of at least 4 members (excludes halogenated alkanes) is 2. The van der Waals surface area contributed by atoms with Crippen molar-refractivity contribution in [1.29, 1.82) is 0 Å². The van der Waals surface area contributed by atoms with E-state index in [9.17, 15) is 0 Å². The summed E-state index contributed by atoms with van der Waals surface area (Å²) in [5.74, 6) is 0. The highest BCUT2D eigenvalue weighted by Crippen LogP contribution is 2.30. The first-order valence-electron chi connectivity index (χ1n) is 9.53. The van der Waals surface area contributed by atoms with Crippen molar-refractivity contribution in [1.82, 2.24) is 0 Å². The molecule has 0 saturated carbocycles. The maximum absolute atomic E-state index is 6.42. The average Bonchev–Trinajstić information content (AvgIpc) is 2.69. The molecular formula is C22H28Cl2N2. The molecule has 140 valence electrons. The topological polar surface area (TPSA) is 24.7 Å². The van der Waals surface area contributed by atoms with E-state index < -0.39 is 0 Å². The van der Waals surface area contributed by atoms with Gasteiger partial charge in [-0.05, 0) is 48.2 Å². The predicted octanol–water partition coefficient (Wildman–Crippen LogP) is 9.04. The molecule has 0 saturated heterocycles. The molecule has 0 radical (unpaired) electrons. The summed E-state index contributed by atoms with van der Waals surface area (Å²) in [6.45, 7) is 4.36. The van der Waals surface area contributed by atoms with Crippen LogP contribution in [0.15, 0.2) is 58.8 Å². The standard InChI is InChI=1S/C22H28Cl2N2/c1-3-5-7-21(23)17-9-13-19(14-10-17)25-26-20-15-11-18(12-16-20)22(24)8-6-4-2/h9-16,21-22H,3-8H2,1-2H3/b26-25+. The van der Waals surface area contributed by atoms with E-state index in [2.05, 4.69) is 24.1 Å². The van der Waals surface area contributed by atoms with Crippen molar-refractivity contribution in [2.75, 3.05) is 0 Å². The van der Waals surface area contributed by atoms with Crippen LogP contribution in [0.25, 0.3) is 0 Å². The molecule has 0 aliphatic carbocycles. The van der Waals surface area contributed by atoms with Gasteiger partial charge in [0.2, 0.25) is 0 Å². The first-order valence-corrected chi connectivity index (χ1v) is 10.4. The van der Waals surface area contributed by atoms with Gasteiger partial charge in [0.1, 0.15) is 0 Å². The number of hydrogen-bond donors (Lipinski definition) is 0. The highest BCUT2D eigenvalue weighted by molar-refractivity contribution is 6.21. The summed E-state index contributed by atoms with van der Waals surface area (Å²) in [6.07, 6.45) is 6.63. The average molecular weight is 391 g/mol. The highest BCUT2D eigenvalue weighted by atomic mass is 35.5. The van der Waals surface area contributed by atoms with Crippen LogP contribution in [-0.4, -0.2) is 0 Å². The van der Waals surface area contributed by atoms with E-state index in [-0.39, 0.29) is 10.8 Å². The number of alkyl halides is 2. The Hall–Kier alpha value is -1.38. The van der Waals surface area contributed by atoms with Crippen LogP contribution >= 0.6 is 23.2 Å². The predicted molar refractivity (Wildman–Crippen MR) is 113 cm³/mol. The van der Waals surface area contributed by atoms with Gasteiger partial charge in [-0.3, -0.25) is 0 Å².